The molecule has 1 aliphatic carbocycles. The second-order valence-corrected chi connectivity index (χ2v) is 10.8. The standard InChI is InChI=1S/C21H28F3N3O3S.ClH/c1-20(2,3)19-15(12-25-26-19)13-27(31(28,29)14-21(22,23)24)16-7-6-10-18(11-16)30-17-8-4-5-9-17;/h6-7,10-12,17H,4-5,8-9,13-14H2,1-3H3,(H,25,26);1H. The highest BCUT2D eigenvalue weighted by atomic mass is 35.5. The third kappa shape index (κ3) is 6.78. The smallest absolute Gasteiger partial charge is 0.404 e. The van der Waals surface area contributed by atoms with Crippen molar-refractivity contribution in [2.24, 2.45) is 0 Å². The first-order valence-electron chi connectivity index (χ1n) is 10.2. The Morgan fingerprint density at radius 2 is 1.84 bits per heavy atom. The minimum atomic E-state index is -4.86. The molecule has 1 aliphatic rings. The SMILES string of the molecule is CC(C)(C)c1[nH]ncc1CN(c1cccc(OC2CCCC2)c1)S(=O)(=O)CC(F)(F)F.Cl. The molecule has 0 bridgehead atoms. The predicted molar refractivity (Wildman–Crippen MR) is 120 cm³/mol. The van der Waals surface area contributed by atoms with Crippen molar-refractivity contribution in [3.8, 4) is 5.75 Å². The molecule has 180 valence electrons. The monoisotopic (exact) mass is 495 g/mol. The summed E-state index contributed by atoms with van der Waals surface area (Å²) in [7, 11) is -4.70. The van der Waals surface area contributed by atoms with Crippen molar-refractivity contribution in [1.82, 2.24) is 10.2 Å². The quantitative estimate of drug-likeness (QED) is 0.562. The van der Waals surface area contributed by atoms with E-state index in [1.165, 1.54) is 18.3 Å². The molecule has 1 aromatic carbocycles. The van der Waals surface area contributed by atoms with Crippen LogP contribution in [0.2, 0.25) is 0 Å². The minimum absolute atomic E-state index is 0. The summed E-state index contributed by atoms with van der Waals surface area (Å²) in [5.74, 6) is -1.50. The van der Waals surface area contributed by atoms with Crippen LogP contribution in [0, 0.1) is 0 Å². The van der Waals surface area contributed by atoms with Crippen molar-refractivity contribution < 1.29 is 26.3 Å². The lowest BCUT2D eigenvalue weighted by molar-refractivity contribution is -0.106. The van der Waals surface area contributed by atoms with Gasteiger partial charge < -0.3 is 4.74 Å². The first-order chi connectivity index (χ1) is 14.4. The van der Waals surface area contributed by atoms with Gasteiger partial charge in [0.1, 0.15) is 5.75 Å². The number of rotatable bonds is 7. The normalized spacial score (nSPS) is 15.4. The van der Waals surface area contributed by atoms with E-state index >= 15 is 0 Å². The minimum Gasteiger partial charge on any atom is -0.490 e. The zero-order chi connectivity index (χ0) is 22.9. The summed E-state index contributed by atoms with van der Waals surface area (Å²) >= 11 is 0. The third-order valence-electron chi connectivity index (χ3n) is 5.17. The number of alkyl halides is 3. The van der Waals surface area contributed by atoms with Gasteiger partial charge in [0.2, 0.25) is 10.0 Å². The first-order valence-corrected chi connectivity index (χ1v) is 11.8. The molecule has 1 heterocycles. The van der Waals surface area contributed by atoms with E-state index in [0.29, 0.717) is 17.0 Å². The van der Waals surface area contributed by atoms with Gasteiger partial charge in [-0.15, -0.1) is 12.4 Å². The second-order valence-electron chi connectivity index (χ2n) is 8.92. The van der Waals surface area contributed by atoms with Crippen molar-refractivity contribution in [3.63, 3.8) is 0 Å². The van der Waals surface area contributed by atoms with Crippen LogP contribution in [0.5, 0.6) is 5.75 Å². The van der Waals surface area contributed by atoms with Crippen molar-refractivity contribution in [1.29, 1.82) is 0 Å². The van der Waals surface area contributed by atoms with Crippen LogP contribution in [0.15, 0.2) is 30.5 Å². The molecule has 2 aromatic rings. The van der Waals surface area contributed by atoms with Gasteiger partial charge in [-0.25, -0.2) is 8.42 Å². The summed E-state index contributed by atoms with van der Waals surface area (Å²) in [5.41, 5.74) is 0.915. The molecular weight excluding hydrogens is 467 g/mol. The van der Waals surface area contributed by atoms with Gasteiger partial charge in [0, 0.05) is 22.7 Å². The number of nitrogens with zero attached hydrogens (tertiary/aromatic N) is 2. The summed E-state index contributed by atoms with van der Waals surface area (Å²) in [5, 5.41) is 6.83. The Morgan fingerprint density at radius 3 is 2.44 bits per heavy atom. The highest BCUT2D eigenvalue weighted by Gasteiger charge is 2.39. The van der Waals surface area contributed by atoms with E-state index in [1.54, 1.807) is 12.1 Å². The molecule has 11 heteroatoms. The van der Waals surface area contributed by atoms with E-state index in [9.17, 15) is 21.6 Å². The summed E-state index contributed by atoms with van der Waals surface area (Å²) in [6.07, 6.45) is 0.568. The molecule has 3 rings (SSSR count). The Hall–Kier alpha value is -1.94. The van der Waals surface area contributed by atoms with Crippen LogP contribution in [0.4, 0.5) is 18.9 Å². The number of ether oxygens (including phenoxy) is 1. The van der Waals surface area contributed by atoms with E-state index < -0.39 is 27.4 Å². The van der Waals surface area contributed by atoms with Crippen LogP contribution in [-0.4, -0.2) is 36.6 Å². The van der Waals surface area contributed by atoms with Crippen molar-refractivity contribution in [2.75, 3.05) is 10.1 Å². The topological polar surface area (TPSA) is 75.3 Å². The van der Waals surface area contributed by atoms with Crippen molar-refractivity contribution >= 4 is 28.1 Å². The van der Waals surface area contributed by atoms with Gasteiger partial charge >= 0.3 is 6.18 Å². The molecule has 0 aliphatic heterocycles. The maximum absolute atomic E-state index is 13.1. The Bertz CT molecular complexity index is 997. The number of halogens is 4. The number of anilines is 1. The summed E-state index contributed by atoms with van der Waals surface area (Å²) in [4.78, 5) is 0. The molecule has 0 amide bonds. The molecule has 1 saturated carbocycles. The van der Waals surface area contributed by atoms with E-state index in [-0.39, 0.29) is 30.7 Å². The molecule has 0 unspecified atom stereocenters. The molecule has 6 nitrogen and oxygen atoms in total. The van der Waals surface area contributed by atoms with Crippen LogP contribution >= 0.6 is 12.4 Å². The second kappa shape index (κ2) is 9.91. The fraction of sp³-hybridized carbons (Fsp3) is 0.571. The lowest BCUT2D eigenvalue weighted by Gasteiger charge is -2.27. The molecule has 0 atom stereocenters. The zero-order valence-corrected chi connectivity index (χ0v) is 19.9. The van der Waals surface area contributed by atoms with Crippen molar-refractivity contribution in [3.05, 3.63) is 41.7 Å². The molecular formula is C21H29ClF3N3O3S. The predicted octanol–water partition coefficient (Wildman–Crippen LogP) is 5.35. The molecule has 0 spiro atoms. The maximum atomic E-state index is 13.1. The lowest BCUT2D eigenvalue weighted by Crippen LogP contribution is -2.38. The highest BCUT2D eigenvalue weighted by molar-refractivity contribution is 7.92. The molecule has 1 N–H and O–H groups in total. The Labute approximate surface area is 193 Å². The molecule has 0 radical (unpaired) electrons. The van der Waals surface area contributed by atoms with Gasteiger partial charge in [0.25, 0.3) is 0 Å². The van der Waals surface area contributed by atoms with Gasteiger partial charge in [-0.05, 0) is 37.8 Å². The fourth-order valence-electron chi connectivity index (χ4n) is 3.78. The average Bonchev–Trinajstić information content (AvgIpc) is 3.28. The molecule has 1 fully saturated rings. The first kappa shape index (κ1) is 26.3. The van der Waals surface area contributed by atoms with E-state index in [1.807, 2.05) is 20.8 Å². The lowest BCUT2D eigenvalue weighted by atomic mass is 9.89. The number of hydrogen-bond donors (Lipinski definition) is 1. The number of aromatic nitrogens is 2. The molecule has 0 saturated heterocycles. The Balaban J connectivity index is 0.00000363. The number of H-pyrrole nitrogens is 1. The van der Waals surface area contributed by atoms with E-state index in [2.05, 4.69) is 10.2 Å². The Morgan fingerprint density at radius 1 is 1.19 bits per heavy atom. The van der Waals surface area contributed by atoms with Crippen LogP contribution in [0.3, 0.4) is 0 Å². The summed E-state index contributed by atoms with van der Waals surface area (Å²) in [6.45, 7) is 5.46. The number of aromatic amines is 1. The highest BCUT2D eigenvalue weighted by Crippen LogP contribution is 2.32. The van der Waals surface area contributed by atoms with Gasteiger partial charge in [-0.2, -0.15) is 18.3 Å². The van der Waals surface area contributed by atoms with Gasteiger partial charge in [0.15, 0.2) is 5.75 Å². The van der Waals surface area contributed by atoms with Crippen LogP contribution in [0.1, 0.15) is 57.7 Å². The zero-order valence-electron chi connectivity index (χ0n) is 18.3. The van der Waals surface area contributed by atoms with Crippen molar-refractivity contribution in [2.45, 2.75) is 70.7 Å². The van der Waals surface area contributed by atoms with Crippen LogP contribution in [-0.2, 0) is 22.0 Å². The summed E-state index contributed by atoms with van der Waals surface area (Å²) < 4.78 is 71.6. The number of sulfonamides is 1. The van der Waals surface area contributed by atoms with Gasteiger partial charge in [0.05, 0.1) is 24.5 Å². The molecule has 32 heavy (non-hydrogen) atoms. The van der Waals surface area contributed by atoms with E-state index in [4.69, 9.17) is 4.74 Å². The molecule has 1 aromatic heterocycles. The average molecular weight is 496 g/mol. The number of nitrogens with one attached hydrogen (secondary N) is 1. The summed E-state index contributed by atoms with van der Waals surface area (Å²) in [6, 6.07) is 6.25. The van der Waals surface area contributed by atoms with E-state index in [0.717, 1.165) is 30.0 Å². The third-order valence-corrected chi connectivity index (χ3v) is 6.88. The Kier molecular flexibility index (Phi) is 8.15. The largest absolute Gasteiger partial charge is 0.490 e. The maximum Gasteiger partial charge on any atom is 0.404 e. The van der Waals surface area contributed by atoms with Gasteiger partial charge in [-0.3, -0.25) is 9.40 Å². The number of hydrogen-bond acceptors (Lipinski definition) is 4. The number of benzene rings is 1. The fourth-order valence-corrected chi connectivity index (χ4v) is 5.12. The van der Waals surface area contributed by atoms with Gasteiger partial charge in [-0.1, -0.05) is 26.8 Å². The van der Waals surface area contributed by atoms with Crippen LogP contribution in [0.25, 0.3) is 0 Å². The van der Waals surface area contributed by atoms with Crippen LogP contribution < -0.4 is 9.04 Å².